The highest BCUT2D eigenvalue weighted by molar-refractivity contribution is 7.13. The topological polar surface area (TPSA) is 64.1 Å². The average molecular weight is 415 g/mol. The Labute approximate surface area is 170 Å². The van der Waals surface area contributed by atoms with Crippen molar-refractivity contribution >= 4 is 22.9 Å². The number of nitrogens with one attached hydrogen (secondary N) is 1. The Bertz CT molecular complexity index is 1020. The van der Waals surface area contributed by atoms with Crippen molar-refractivity contribution in [3.8, 4) is 10.6 Å². The molecule has 150 valence electrons. The number of pyridine rings is 1. The SMILES string of the molecule is C[C@@H]1CCCC(c2ccncc2NC(=O)c2csc(-c3c(F)cccc3F)n2)O1. The predicted octanol–water partition coefficient (Wildman–Crippen LogP) is 5.37. The molecule has 29 heavy (non-hydrogen) atoms. The second-order valence-corrected chi connectivity index (χ2v) is 7.78. The quantitative estimate of drug-likeness (QED) is 0.623. The molecule has 1 unspecified atom stereocenters. The molecule has 0 bridgehead atoms. The van der Waals surface area contributed by atoms with E-state index in [4.69, 9.17) is 4.74 Å². The highest BCUT2D eigenvalue weighted by Crippen LogP contribution is 2.35. The molecule has 2 aromatic heterocycles. The van der Waals surface area contributed by atoms with Gasteiger partial charge in [-0.2, -0.15) is 0 Å². The third kappa shape index (κ3) is 4.18. The van der Waals surface area contributed by atoms with E-state index in [1.54, 1.807) is 12.4 Å². The Morgan fingerprint density at radius 2 is 2.03 bits per heavy atom. The van der Waals surface area contributed by atoms with Gasteiger partial charge in [-0.25, -0.2) is 13.8 Å². The van der Waals surface area contributed by atoms with Crippen LogP contribution >= 0.6 is 11.3 Å². The van der Waals surface area contributed by atoms with Crippen LogP contribution in [0.2, 0.25) is 0 Å². The summed E-state index contributed by atoms with van der Waals surface area (Å²) in [5.74, 6) is -1.91. The number of thiazole rings is 1. The highest BCUT2D eigenvalue weighted by atomic mass is 32.1. The summed E-state index contributed by atoms with van der Waals surface area (Å²) in [5, 5.41) is 4.40. The zero-order valence-electron chi connectivity index (χ0n) is 15.7. The number of hydrogen-bond donors (Lipinski definition) is 1. The van der Waals surface area contributed by atoms with Crippen LogP contribution in [0, 0.1) is 11.6 Å². The Balaban J connectivity index is 1.56. The summed E-state index contributed by atoms with van der Waals surface area (Å²) in [6, 6.07) is 5.44. The van der Waals surface area contributed by atoms with Crippen molar-refractivity contribution in [2.75, 3.05) is 5.32 Å². The number of halogens is 2. The molecule has 0 saturated carbocycles. The fourth-order valence-corrected chi connectivity index (χ4v) is 4.25. The zero-order chi connectivity index (χ0) is 20.4. The Morgan fingerprint density at radius 3 is 2.79 bits per heavy atom. The molecule has 3 aromatic rings. The molecule has 2 atom stereocenters. The molecule has 1 aromatic carbocycles. The van der Waals surface area contributed by atoms with Gasteiger partial charge >= 0.3 is 0 Å². The lowest BCUT2D eigenvalue weighted by Crippen LogP contribution is -2.21. The molecule has 1 amide bonds. The third-order valence-electron chi connectivity index (χ3n) is 4.84. The second-order valence-electron chi connectivity index (χ2n) is 6.92. The van der Waals surface area contributed by atoms with Crippen LogP contribution in [0.1, 0.15) is 48.3 Å². The maximum Gasteiger partial charge on any atom is 0.275 e. The van der Waals surface area contributed by atoms with E-state index in [9.17, 15) is 13.6 Å². The second kappa shape index (κ2) is 8.34. The van der Waals surface area contributed by atoms with Crippen molar-refractivity contribution in [2.45, 2.75) is 38.4 Å². The van der Waals surface area contributed by atoms with Gasteiger partial charge in [0.25, 0.3) is 5.91 Å². The normalized spacial score (nSPS) is 19.1. The number of nitrogens with zero attached hydrogens (tertiary/aromatic N) is 2. The fourth-order valence-electron chi connectivity index (χ4n) is 3.41. The molecule has 5 nitrogen and oxygen atoms in total. The lowest BCUT2D eigenvalue weighted by molar-refractivity contribution is -0.0411. The minimum atomic E-state index is -0.718. The molecule has 0 aliphatic carbocycles. The Hall–Kier alpha value is -2.71. The van der Waals surface area contributed by atoms with Crippen LogP contribution < -0.4 is 5.32 Å². The molecule has 3 heterocycles. The maximum atomic E-state index is 14.0. The number of hydrogen-bond acceptors (Lipinski definition) is 5. The maximum absolute atomic E-state index is 14.0. The molecule has 0 spiro atoms. The zero-order valence-corrected chi connectivity index (χ0v) is 16.5. The van der Waals surface area contributed by atoms with Gasteiger partial charge in [0.15, 0.2) is 0 Å². The molecule has 8 heteroatoms. The number of anilines is 1. The first kappa shape index (κ1) is 19.6. The summed E-state index contributed by atoms with van der Waals surface area (Å²) in [7, 11) is 0. The lowest BCUT2D eigenvalue weighted by atomic mass is 9.98. The highest BCUT2D eigenvalue weighted by Gasteiger charge is 2.24. The lowest BCUT2D eigenvalue weighted by Gasteiger charge is -2.29. The number of aromatic nitrogens is 2. The first-order valence-corrected chi connectivity index (χ1v) is 10.2. The number of amides is 1. The van der Waals surface area contributed by atoms with E-state index in [1.807, 2.05) is 13.0 Å². The fraction of sp³-hybridized carbons (Fsp3) is 0.286. The minimum absolute atomic E-state index is 0.0837. The van der Waals surface area contributed by atoms with E-state index in [2.05, 4.69) is 15.3 Å². The van der Waals surface area contributed by atoms with Gasteiger partial charge in [0.05, 0.1) is 29.7 Å². The van der Waals surface area contributed by atoms with Crippen LogP contribution in [-0.2, 0) is 4.74 Å². The first-order valence-electron chi connectivity index (χ1n) is 9.33. The van der Waals surface area contributed by atoms with E-state index in [0.717, 1.165) is 48.3 Å². The summed E-state index contributed by atoms with van der Waals surface area (Å²) < 4.78 is 34.0. The van der Waals surface area contributed by atoms with E-state index in [1.165, 1.54) is 11.4 Å². The van der Waals surface area contributed by atoms with Crippen LogP contribution in [0.3, 0.4) is 0 Å². The van der Waals surface area contributed by atoms with Crippen molar-refractivity contribution in [2.24, 2.45) is 0 Å². The molecule has 1 N–H and O–H groups in total. The number of benzene rings is 1. The van der Waals surface area contributed by atoms with E-state index < -0.39 is 17.5 Å². The van der Waals surface area contributed by atoms with Crippen LogP contribution in [0.15, 0.2) is 42.0 Å². The molecule has 1 saturated heterocycles. The van der Waals surface area contributed by atoms with Gasteiger partial charge in [-0.05, 0) is 44.4 Å². The number of carbonyl (C=O) groups is 1. The van der Waals surface area contributed by atoms with Crippen molar-refractivity contribution in [3.05, 3.63) is 64.9 Å². The largest absolute Gasteiger partial charge is 0.371 e. The van der Waals surface area contributed by atoms with E-state index >= 15 is 0 Å². The predicted molar refractivity (Wildman–Crippen MR) is 107 cm³/mol. The van der Waals surface area contributed by atoms with E-state index in [0.29, 0.717) is 5.69 Å². The van der Waals surface area contributed by atoms with Gasteiger partial charge in [-0.1, -0.05) is 6.07 Å². The first-order chi connectivity index (χ1) is 14.0. The smallest absolute Gasteiger partial charge is 0.275 e. The number of rotatable bonds is 4. The molecular formula is C21H19F2N3O2S. The molecule has 1 fully saturated rings. The minimum Gasteiger partial charge on any atom is -0.371 e. The summed E-state index contributed by atoms with van der Waals surface area (Å²) in [4.78, 5) is 20.9. The van der Waals surface area contributed by atoms with Gasteiger partial charge in [0.1, 0.15) is 22.3 Å². The van der Waals surface area contributed by atoms with Gasteiger partial charge in [0, 0.05) is 17.1 Å². The number of ether oxygens (including phenoxy) is 1. The van der Waals surface area contributed by atoms with Crippen molar-refractivity contribution < 1.29 is 18.3 Å². The number of carbonyl (C=O) groups excluding carboxylic acids is 1. The molecular weight excluding hydrogens is 396 g/mol. The summed E-state index contributed by atoms with van der Waals surface area (Å²) in [6.07, 6.45) is 6.19. The Kier molecular flexibility index (Phi) is 5.64. The molecule has 1 aliphatic rings. The molecule has 4 rings (SSSR count). The van der Waals surface area contributed by atoms with Gasteiger partial charge in [0.2, 0.25) is 0 Å². The van der Waals surface area contributed by atoms with Crippen LogP contribution in [0.5, 0.6) is 0 Å². The standard InChI is InChI=1S/C21H19F2N3O2S/c1-12-4-2-7-18(28-12)13-8-9-24-10-16(13)25-20(27)17-11-29-21(26-17)19-14(22)5-3-6-15(19)23/h3,5-6,8-12,18H,2,4,7H2,1H3,(H,25,27)/t12-,18?/m1/s1. The van der Waals surface area contributed by atoms with Gasteiger partial charge in [-0.3, -0.25) is 9.78 Å². The van der Waals surface area contributed by atoms with Gasteiger partial charge < -0.3 is 10.1 Å². The average Bonchev–Trinajstić information content (AvgIpc) is 3.18. The van der Waals surface area contributed by atoms with Gasteiger partial charge in [-0.15, -0.1) is 11.3 Å². The van der Waals surface area contributed by atoms with Crippen LogP contribution in [0.4, 0.5) is 14.5 Å². The van der Waals surface area contributed by atoms with Crippen molar-refractivity contribution in [3.63, 3.8) is 0 Å². The Morgan fingerprint density at radius 1 is 1.24 bits per heavy atom. The van der Waals surface area contributed by atoms with Crippen LogP contribution in [0.25, 0.3) is 10.6 Å². The monoisotopic (exact) mass is 415 g/mol. The van der Waals surface area contributed by atoms with Crippen molar-refractivity contribution in [1.29, 1.82) is 0 Å². The molecule has 0 radical (unpaired) electrons. The molecule has 1 aliphatic heterocycles. The van der Waals surface area contributed by atoms with Crippen LogP contribution in [-0.4, -0.2) is 22.0 Å². The summed E-state index contributed by atoms with van der Waals surface area (Å²) in [6.45, 7) is 2.03. The summed E-state index contributed by atoms with van der Waals surface area (Å²) >= 11 is 1.01. The van der Waals surface area contributed by atoms with Crippen molar-refractivity contribution in [1.82, 2.24) is 9.97 Å². The summed E-state index contributed by atoms with van der Waals surface area (Å²) in [5.41, 5.74) is 1.25. The van der Waals surface area contributed by atoms with E-state index in [-0.39, 0.29) is 28.5 Å². The third-order valence-corrected chi connectivity index (χ3v) is 5.70.